The molecule has 0 saturated carbocycles. The summed E-state index contributed by atoms with van der Waals surface area (Å²) in [6, 6.07) is 14.6. The van der Waals surface area contributed by atoms with Gasteiger partial charge in [0.25, 0.3) is 11.8 Å². The number of hydrogen-bond acceptors (Lipinski definition) is 4. The number of thiocarbonyl (C=S) groups is 1. The van der Waals surface area contributed by atoms with Crippen LogP contribution in [0.3, 0.4) is 0 Å². The molecule has 8 heteroatoms. The average Bonchev–Trinajstić information content (AvgIpc) is 2.97. The van der Waals surface area contributed by atoms with E-state index >= 15 is 0 Å². The molecule has 3 rings (SSSR count). The predicted octanol–water partition coefficient (Wildman–Crippen LogP) is 3.81. The summed E-state index contributed by atoms with van der Waals surface area (Å²) in [5.74, 6) is -0.788. The van der Waals surface area contributed by atoms with E-state index in [-0.39, 0.29) is 11.0 Å². The lowest BCUT2D eigenvalue weighted by Crippen LogP contribution is -2.48. The van der Waals surface area contributed by atoms with Crippen molar-refractivity contribution in [2.24, 2.45) is 0 Å². The van der Waals surface area contributed by atoms with E-state index in [1.807, 2.05) is 37.3 Å². The van der Waals surface area contributed by atoms with Gasteiger partial charge in [0, 0.05) is 15.6 Å². The van der Waals surface area contributed by atoms with E-state index in [9.17, 15) is 9.59 Å². The van der Waals surface area contributed by atoms with E-state index in [1.54, 1.807) is 18.2 Å². The molecule has 0 bridgehead atoms. The highest BCUT2D eigenvalue weighted by Gasteiger charge is 2.18. The minimum Gasteiger partial charge on any atom is -0.297 e. The number of nitrogens with one attached hydrogen (secondary N) is 3. The Kier molecular flexibility index (Phi) is 5.51. The molecule has 5 nitrogen and oxygen atoms in total. The number of hydrazine groups is 1. The summed E-state index contributed by atoms with van der Waals surface area (Å²) >= 11 is 12.6. The van der Waals surface area contributed by atoms with Gasteiger partial charge in [0.05, 0.1) is 5.02 Å². The predicted molar refractivity (Wildman–Crippen MR) is 109 cm³/mol. The summed E-state index contributed by atoms with van der Waals surface area (Å²) in [6.45, 7) is 1.89. The Balaban J connectivity index is 1.61. The number of fused-ring (bicyclic) bond motifs is 1. The lowest BCUT2D eigenvalue weighted by atomic mass is 10.1. The van der Waals surface area contributed by atoms with Crippen LogP contribution in [0.15, 0.2) is 48.5 Å². The number of rotatable bonds is 2. The number of aryl methyl sites for hydroxylation is 1. The van der Waals surface area contributed by atoms with E-state index in [1.165, 1.54) is 11.3 Å². The van der Waals surface area contributed by atoms with Crippen molar-refractivity contribution in [2.75, 3.05) is 0 Å². The van der Waals surface area contributed by atoms with Crippen molar-refractivity contribution >= 4 is 62.2 Å². The topological polar surface area (TPSA) is 70.2 Å². The second-order valence-electron chi connectivity index (χ2n) is 5.47. The van der Waals surface area contributed by atoms with Crippen LogP contribution in [0.25, 0.3) is 10.1 Å². The molecule has 0 aliphatic heterocycles. The molecule has 0 unspecified atom stereocenters. The molecule has 3 N–H and O–H groups in total. The van der Waals surface area contributed by atoms with E-state index < -0.39 is 5.91 Å². The third-order valence-electron chi connectivity index (χ3n) is 3.54. The molecule has 0 aliphatic rings. The zero-order valence-corrected chi connectivity index (χ0v) is 16.0. The molecule has 1 aromatic heterocycles. The largest absolute Gasteiger partial charge is 0.297 e. The summed E-state index contributed by atoms with van der Waals surface area (Å²) < 4.78 is 0.911. The lowest BCUT2D eigenvalue weighted by molar-refractivity contribution is 0.0935. The Bertz CT molecular complexity index is 1020. The Labute approximate surface area is 164 Å². The molecule has 2 amide bonds. The number of halogens is 1. The molecule has 26 heavy (non-hydrogen) atoms. The summed E-state index contributed by atoms with van der Waals surface area (Å²) in [5.41, 5.74) is 6.42. The van der Waals surface area contributed by atoms with Crippen molar-refractivity contribution in [3.05, 3.63) is 69.6 Å². The minimum absolute atomic E-state index is 0.0236. The van der Waals surface area contributed by atoms with E-state index in [4.69, 9.17) is 23.8 Å². The maximum atomic E-state index is 12.4. The van der Waals surface area contributed by atoms with Crippen LogP contribution in [0.4, 0.5) is 0 Å². The molecule has 0 saturated heterocycles. The molecule has 1 heterocycles. The molecule has 3 aromatic rings. The SMILES string of the molecule is Cc1cccc(C(=O)NNC(=S)NC(=O)c2sc3ccccc3c2Cl)c1. The van der Waals surface area contributed by atoms with Gasteiger partial charge in [-0.15, -0.1) is 11.3 Å². The van der Waals surface area contributed by atoms with Crippen molar-refractivity contribution in [1.29, 1.82) is 0 Å². The third kappa shape index (κ3) is 4.01. The van der Waals surface area contributed by atoms with E-state index in [0.717, 1.165) is 15.6 Å². The first kappa shape index (κ1) is 18.3. The Morgan fingerprint density at radius 3 is 2.54 bits per heavy atom. The van der Waals surface area contributed by atoms with Crippen LogP contribution in [0.2, 0.25) is 5.02 Å². The summed E-state index contributed by atoms with van der Waals surface area (Å²) in [7, 11) is 0. The molecule has 0 radical (unpaired) electrons. The number of benzene rings is 2. The zero-order valence-electron chi connectivity index (χ0n) is 13.6. The number of thiophene rings is 1. The lowest BCUT2D eigenvalue weighted by Gasteiger charge is -2.10. The molecule has 0 spiro atoms. The van der Waals surface area contributed by atoms with Gasteiger partial charge in [-0.2, -0.15) is 0 Å². The van der Waals surface area contributed by atoms with Gasteiger partial charge in [0.15, 0.2) is 5.11 Å². The van der Waals surface area contributed by atoms with Crippen LogP contribution in [0.1, 0.15) is 25.6 Å². The molecule has 0 atom stereocenters. The van der Waals surface area contributed by atoms with Gasteiger partial charge in [0.1, 0.15) is 4.88 Å². The van der Waals surface area contributed by atoms with Crippen molar-refractivity contribution in [2.45, 2.75) is 6.92 Å². The standard InChI is InChI=1S/C18H14ClN3O2S2/c1-10-5-4-6-11(9-10)16(23)21-22-18(25)20-17(24)15-14(19)12-7-2-3-8-13(12)26-15/h2-9H,1H3,(H,21,23)(H2,20,22,24,25). The van der Waals surface area contributed by atoms with Gasteiger partial charge in [-0.05, 0) is 37.3 Å². The highest BCUT2D eigenvalue weighted by atomic mass is 35.5. The maximum Gasteiger partial charge on any atom is 0.269 e. The fraction of sp³-hybridized carbons (Fsp3) is 0.0556. The van der Waals surface area contributed by atoms with Gasteiger partial charge in [-0.3, -0.25) is 25.8 Å². The summed E-state index contributed by atoms with van der Waals surface area (Å²) in [4.78, 5) is 24.8. The highest BCUT2D eigenvalue weighted by Crippen LogP contribution is 2.34. The number of hydrogen-bond donors (Lipinski definition) is 3. The average molecular weight is 404 g/mol. The zero-order chi connectivity index (χ0) is 18.7. The first-order valence-corrected chi connectivity index (χ1v) is 9.21. The van der Waals surface area contributed by atoms with Crippen LogP contribution in [0, 0.1) is 6.92 Å². The minimum atomic E-state index is -0.432. The second kappa shape index (κ2) is 7.82. The molecule has 0 fully saturated rings. The van der Waals surface area contributed by atoms with E-state index in [0.29, 0.717) is 15.5 Å². The quantitative estimate of drug-likeness (QED) is 0.449. The van der Waals surface area contributed by atoms with Crippen LogP contribution < -0.4 is 16.2 Å². The first-order chi connectivity index (χ1) is 12.5. The van der Waals surface area contributed by atoms with Crippen molar-refractivity contribution < 1.29 is 9.59 Å². The van der Waals surface area contributed by atoms with Gasteiger partial charge < -0.3 is 0 Å². The molecular weight excluding hydrogens is 390 g/mol. The Hall–Kier alpha value is -2.48. The number of carbonyl (C=O) groups is 2. The van der Waals surface area contributed by atoms with Gasteiger partial charge in [-0.25, -0.2) is 0 Å². The van der Waals surface area contributed by atoms with Crippen molar-refractivity contribution in [3.8, 4) is 0 Å². The third-order valence-corrected chi connectivity index (χ3v) is 5.42. The van der Waals surface area contributed by atoms with Gasteiger partial charge in [-0.1, -0.05) is 47.5 Å². The second-order valence-corrected chi connectivity index (χ2v) is 7.31. The smallest absolute Gasteiger partial charge is 0.269 e. The molecular formula is C18H14ClN3O2S2. The van der Waals surface area contributed by atoms with Crippen LogP contribution in [-0.4, -0.2) is 16.9 Å². The van der Waals surface area contributed by atoms with Crippen LogP contribution in [0.5, 0.6) is 0 Å². The normalized spacial score (nSPS) is 10.4. The fourth-order valence-corrected chi connectivity index (χ4v) is 3.88. The summed E-state index contributed by atoms with van der Waals surface area (Å²) in [5, 5.41) is 3.68. The molecule has 0 aliphatic carbocycles. The Morgan fingerprint density at radius 1 is 1.04 bits per heavy atom. The van der Waals surface area contributed by atoms with Crippen molar-refractivity contribution in [3.63, 3.8) is 0 Å². The van der Waals surface area contributed by atoms with Crippen LogP contribution >= 0.6 is 35.2 Å². The fourth-order valence-electron chi connectivity index (χ4n) is 2.32. The van der Waals surface area contributed by atoms with Crippen LogP contribution in [-0.2, 0) is 0 Å². The highest BCUT2D eigenvalue weighted by molar-refractivity contribution is 7.80. The Morgan fingerprint density at radius 2 is 1.81 bits per heavy atom. The van der Waals surface area contributed by atoms with Crippen molar-refractivity contribution in [1.82, 2.24) is 16.2 Å². The first-order valence-electron chi connectivity index (χ1n) is 7.61. The number of carbonyl (C=O) groups excluding carboxylic acids is 2. The monoisotopic (exact) mass is 403 g/mol. The molecule has 2 aromatic carbocycles. The summed E-state index contributed by atoms with van der Waals surface area (Å²) in [6.07, 6.45) is 0. The van der Waals surface area contributed by atoms with E-state index in [2.05, 4.69) is 16.2 Å². The molecule has 132 valence electrons. The van der Waals surface area contributed by atoms with Gasteiger partial charge >= 0.3 is 0 Å². The van der Waals surface area contributed by atoms with Gasteiger partial charge in [0.2, 0.25) is 0 Å². The maximum absolute atomic E-state index is 12.4. The number of amides is 2.